The van der Waals surface area contributed by atoms with Crippen molar-refractivity contribution in [3.63, 3.8) is 0 Å². The molecule has 1 aromatic heterocycles. The number of fused-ring (bicyclic) bond motifs is 1. The number of aromatic carboxylic acids is 1. The minimum atomic E-state index is -1.08. The Morgan fingerprint density at radius 3 is 2.50 bits per heavy atom. The van der Waals surface area contributed by atoms with E-state index >= 15 is 0 Å². The molecule has 0 spiro atoms. The first kappa shape index (κ1) is 18.3. The second-order valence-corrected chi connectivity index (χ2v) is 6.68. The van der Waals surface area contributed by atoms with Gasteiger partial charge in [-0.1, -0.05) is 41.4 Å². The summed E-state index contributed by atoms with van der Waals surface area (Å²) in [5.41, 5.74) is 1.69. The summed E-state index contributed by atoms with van der Waals surface area (Å²) < 4.78 is 6.96. The first-order chi connectivity index (χ1) is 12.3. The average molecular weight is 392 g/mol. The van der Waals surface area contributed by atoms with Gasteiger partial charge in [0.1, 0.15) is 5.75 Å². The number of carboxylic acid groups (broad SMARTS) is 1. The molecule has 0 aliphatic heterocycles. The lowest BCUT2D eigenvalue weighted by molar-refractivity contribution is 0.0698. The van der Waals surface area contributed by atoms with Gasteiger partial charge in [-0.05, 0) is 37.6 Å². The van der Waals surface area contributed by atoms with Gasteiger partial charge in [-0.15, -0.1) is 0 Å². The predicted molar refractivity (Wildman–Crippen MR) is 101 cm³/mol. The molecule has 2 aromatic carbocycles. The molecular weight excluding hydrogens is 377 g/mol. The molecule has 5 nitrogen and oxygen atoms in total. The molecule has 0 fully saturated rings. The van der Waals surface area contributed by atoms with E-state index in [9.17, 15) is 14.7 Å². The Morgan fingerprint density at radius 2 is 1.85 bits per heavy atom. The van der Waals surface area contributed by atoms with Crippen molar-refractivity contribution in [3.8, 4) is 5.75 Å². The second-order valence-electron chi connectivity index (χ2n) is 5.83. The topological polar surface area (TPSA) is 68.5 Å². The van der Waals surface area contributed by atoms with E-state index in [0.717, 1.165) is 0 Å². The van der Waals surface area contributed by atoms with Crippen LogP contribution < -0.4 is 4.74 Å². The first-order valence-electron chi connectivity index (χ1n) is 7.76. The van der Waals surface area contributed by atoms with Crippen LogP contribution in [-0.4, -0.2) is 28.2 Å². The summed E-state index contributed by atoms with van der Waals surface area (Å²) in [5.74, 6) is -1.10. The Kier molecular flexibility index (Phi) is 4.94. The zero-order valence-corrected chi connectivity index (χ0v) is 15.6. The number of carboxylic acids is 1. The van der Waals surface area contributed by atoms with E-state index in [1.165, 1.54) is 10.6 Å². The lowest BCUT2D eigenvalue weighted by Crippen LogP contribution is -2.21. The zero-order valence-electron chi connectivity index (χ0n) is 14.0. The van der Waals surface area contributed by atoms with Crippen LogP contribution >= 0.6 is 23.2 Å². The van der Waals surface area contributed by atoms with Gasteiger partial charge in [-0.2, -0.15) is 0 Å². The molecule has 7 heteroatoms. The normalized spacial score (nSPS) is 10.9. The molecule has 0 amide bonds. The number of halogens is 2. The third-order valence-corrected chi connectivity index (χ3v) is 4.61. The number of hydrogen-bond acceptors (Lipinski definition) is 3. The second kappa shape index (κ2) is 7.02. The van der Waals surface area contributed by atoms with Crippen LogP contribution in [0.1, 0.15) is 26.4 Å². The number of para-hydroxylation sites is 1. The standard InChI is InChI=1S/C19H15Cl2NO4/c1-10-7-12(20)8-14(21)18(10)26-9-16(23)22-11(2)17(19(24)25)13-5-3-4-6-15(13)22/h3-8H,9H2,1-2H3,(H,24,25). The van der Waals surface area contributed by atoms with Gasteiger partial charge in [0.05, 0.1) is 16.1 Å². The summed E-state index contributed by atoms with van der Waals surface area (Å²) >= 11 is 12.1. The molecule has 0 aliphatic carbocycles. The largest absolute Gasteiger partial charge is 0.482 e. The third kappa shape index (κ3) is 3.16. The maximum atomic E-state index is 12.8. The van der Waals surface area contributed by atoms with Gasteiger partial charge in [0.2, 0.25) is 0 Å². The molecule has 134 valence electrons. The van der Waals surface area contributed by atoms with Gasteiger partial charge in [-0.3, -0.25) is 9.36 Å². The monoisotopic (exact) mass is 391 g/mol. The lowest BCUT2D eigenvalue weighted by Gasteiger charge is -2.12. The molecular formula is C19H15Cl2NO4. The number of hydrogen-bond donors (Lipinski definition) is 1. The van der Waals surface area contributed by atoms with Crippen molar-refractivity contribution in [3.05, 3.63) is 63.3 Å². The summed E-state index contributed by atoms with van der Waals surface area (Å²) in [6.07, 6.45) is 0. The zero-order chi connectivity index (χ0) is 19.0. The van der Waals surface area contributed by atoms with Crippen molar-refractivity contribution in [1.82, 2.24) is 4.57 Å². The highest BCUT2D eigenvalue weighted by atomic mass is 35.5. The molecule has 1 heterocycles. The van der Waals surface area contributed by atoms with Crippen LogP contribution in [0.5, 0.6) is 5.75 Å². The number of ether oxygens (including phenoxy) is 1. The van der Waals surface area contributed by atoms with Gasteiger partial charge >= 0.3 is 5.97 Å². The number of nitrogens with zero attached hydrogens (tertiary/aromatic N) is 1. The van der Waals surface area contributed by atoms with Crippen molar-refractivity contribution < 1.29 is 19.4 Å². The van der Waals surface area contributed by atoms with Crippen LogP contribution in [0.15, 0.2) is 36.4 Å². The highest BCUT2D eigenvalue weighted by Gasteiger charge is 2.23. The van der Waals surface area contributed by atoms with Crippen molar-refractivity contribution in [2.45, 2.75) is 13.8 Å². The highest BCUT2D eigenvalue weighted by molar-refractivity contribution is 6.35. The molecule has 0 saturated carbocycles. The minimum Gasteiger partial charge on any atom is -0.482 e. The molecule has 1 N–H and O–H groups in total. The Balaban J connectivity index is 1.97. The van der Waals surface area contributed by atoms with E-state index in [-0.39, 0.29) is 12.2 Å². The molecule has 0 atom stereocenters. The molecule has 3 rings (SSSR count). The van der Waals surface area contributed by atoms with E-state index in [1.54, 1.807) is 44.2 Å². The van der Waals surface area contributed by atoms with Gasteiger partial charge in [-0.25, -0.2) is 4.79 Å². The van der Waals surface area contributed by atoms with E-state index in [2.05, 4.69) is 0 Å². The number of carbonyl (C=O) groups is 2. The fourth-order valence-corrected chi connectivity index (χ4v) is 3.68. The van der Waals surface area contributed by atoms with Crippen LogP contribution in [0.25, 0.3) is 10.9 Å². The summed E-state index contributed by atoms with van der Waals surface area (Å²) in [6, 6.07) is 10.1. The summed E-state index contributed by atoms with van der Waals surface area (Å²) in [5, 5.41) is 10.8. The van der Waals surface area contributed by atoms with Gasteiger partial charge in [0, 0.05) is 16.1 Å². The van der Waals surface area contributed by atoms with Crippen molar-refractivity contribution in [2.24, 2.45) is 0 Å². The van der Waals surface area contributed by atoms with Crippen molar-refractivity contribution in [1.29, 1.82) is 0 Å². The molecule has 0 saturated heterocycles. The highest BCUT2D eigenvalue weighted by Crippen LogP contribution is 2.32. The molecule has 26 heavy (non-hydrogen) atoms. The van der Waals surface area contributed by atoms with Gasteiger partial charge in [0.15, 0.2) is 6.61 Å². The number of benzene rings is 2. The molecule has 0 aliphatic rings. The number of rotatable bonds is 4. The number of carbonyl (C=O) groups excluding carboxylic acids is 1. The van der Waals surface area contributed by atoms with Crippen LogP contribution in [-0.2, 0) is 0 Å². The van der Waals surface area contributed by atoms with Crippen LogP contribution in [0.2, 0.25) is 10.0 Å². The molecule has 0 bridgehead atoms. The Labute approximate surface area is 159 Å². The molecule has 0 unspecified atom stereocenters. The fourth-order valence-electron chi connectivity index (χ4n) is 3.03. The predicted octanol–water partition coefficient (Wildman–Crippen LogP) is 4.98. The SMILES string of the molecule is Cc1cc(Cl)cc(Cl)c1OCC(=O)n1c(C)c(C(=O)O)c2ccccc21. The smallest absolute Gasteiger partial charge is 0.338 e. The molecule has 0 radical (unpaired) electrons. The summed E-state index contributed by atoms with van der Waals surface area (Å²) in [4.78, 5) is 24.3. The maximum Gasteiger partial charge on any atom is 0.338 e. The van der Waals surface area contributed by atoms with Gasteiger partial charge < -0.3 is 9.84 Å². The Bertz CT molecular complexity index is 1020. The lowest BCUT2D eigenvalue weighted by atomic mass is 10.1. The van der Waals surface area contributed by atoms with Crippen LogP contribution in [0.4, 0.5) is 0 Å². The number of aromatic nitrogens is 1. The van der Waals surface area contributed by atoms with E-state index in [0.29, 0.717) is 38.0 Å². The number of aryl methyl sites for hydroxylation is 1. The van der Waals surface area contributed by atoms with E-state index in [1.807, 2.05) is 0 Å². The van der Waals surface area contributed by atoms with Crippen LogP contribution in [0.3, 0.4) is 0 Å². The first-order valence-corrected chi connectivity index (χ1v) is 8.51. The molecule has 3 aromatic rings. The fraction of sp³-hybridized carbons (Fsp3) is 0.158. The quantitative estimate of drug-likeness (QED) is 0.680. The maximum absolute atomic E-state index is 12.8. The minimum absolute atomic E-state index is 0.106. The summed E-state index contributed by atoms with van der Waals surface area (Å²) in [7, 11) is 0. The Hall–Kier alpha value is -2.50. The third-order valence-electron chi connectivity index (χ3n) is 4.11. The van der Waals surface area contributed by atoms with E-state index < -0.39 is 11.9 Å². The van der Waals surface area contributed by atoms with E-state index in [4.69, 9.17) is 27.9 Å². The average Bonchev–Trinajstić information content (AvgIpc) is 2.85. The summed E-state index contributed by atoms with van der Waals surface area (Å²) in [6.45, 7) is 3.08. The van der Waals surface area contributed by atoms with Gasteiger partial charge in [0.25, 0.3) is 5.91 Å². The van der Waals surface area contributed by atoms with Crippen molar-refractivity contribution >= 4 is 46.0 Å². The Morgan fingerprint density at radius 1 is 1.15 bits per heavy atom. The van der Waals surface area contributed by atoms with Crippen LogP contribution in [0, 0.1) is 13.8 Å². The van der Waals surface area contributed by atoms with Crippen molar-refractivity contribution in [2.75, 3.05) is 6.61 Å².